The molecule has 0 radical (unpaired) electrons. The lowest BCUT2D eigenvalue weighted by Gasteiger charge is -2.62. The number of fused-ring (bicyclic) bond motifs is 1. The Kier molecular flexibility index (Phi) is 3.67. The molecule has 22 heavy (non-hydrogen) atoms. The second-order valence-electron chi connectivity index (χ2n) is 7.02. The Morgan fingerprint density at radius 1 is 1.41 bits per heavy atom. The number of hydrogen-bond donors (Lipinski definition) is 1. The average Bonchev–Trinajstić information content (AvgIpc) is 3.02. The number of rotatable bonds is 3. The topological polar surface area (TPSA) is 44.9 Å². The number of imidazole rings is 1. The van der Waals surface area contributed by atoms with E-state index in [1.165, 1.54) is 0 Å². The Morgan fingerprint density at radius 2 is 2.18 bits per heavy atom. The third kappa shape index (κ3) is 2.39. The molecule has 1 saturated heterocycles. The first kappa shape index (κ1) is 15.3. The summed E-state index contributed by atoms with van der Waals surface area (Å²) in [6, 6.07) is 0. The van der Waals surface area contributed by atoms with Crippen LogP contribution in [-0.4, -0.2) is 38.9 Å². The van der Waals surface area contributed by atoms with Crippen molar-refractivity contribution in [1.29, 1.82) is 0 Å². The molecule has 2 aromatic rings. The summed E-state index contributed by atoms with van der Waals surface area (Å²) in [5.74, 6) is 0.989. The van der Waals surface area contributed by atoms with Crippen molar-refractivity contribution in [1.82, 2.24) is 19.6 Å². The predicted octanol–water partition coefficient (Wildman–Crippen LogP) is 2.98. The second kappa shape index (κ2) is 5.26. The van der Waals surface area contributed by atoms with Gasteiger partial charge in [0.2, 0.25) is 0 Å². The van der Waals surface area contributed by atoms with E-state index in [1.54, 1.807) is 11.3 Å². The van der Waals surface area contributed by atoms with Gasteiger partial charge in [-0.3, -0.25) is 4.40 Å². The zero-order valence-corrected chi connectivity index (χ0v) is 14.9. The lowest BCUT2D eigenvalue weighted by atomic mass is 9.65. The summed E-state index contributed by atoms with van der Waals surface area (Å²) in [7, 11) is 0. The van der Waals surface area contributed by atoms with E-state index in [2.05, 4.69) is 60.4 Å². The standard InChI is InChI=1S/C16H25N5S/c1-6-17-13(21-11-15(2,3)16(21,4)5)18-9-12-10-20-7-8-22-14(20)19-12/h7-8,10H,6,9,11H2,1-5H3,(H,17,18). The molecule has 120 valence electrons. The monoisotopic (exact) mass is 319 g/mol. The van der Waals surface area contributed by atoms with Crippen molar-refractivity contribution in [2.75, 3.05) is 13.1 Å². The number of likely N-dealkylation sites (tertiary alicyclic amines) is 1. The normalized spacial score (nSPS) is 20.2. The molecule has 0 spiro atoms. The van der Waals surface area contributed by atoms with E-state index < -0.39 is 0 Å². The van der Waals surface area contributed by atoms with Crippen LogP contribution in [-0.2, 0) is 6.54 Å². The molecular formula is C16H25N5S. The summed E-state index contributed by atoms with van der Waals surface area (Å²) in [5, 5.41) is 5.47. The zero-order chi connectivity index (χ0) is 16.0. The number of nitrogens with one attached hydrogen (secondary N) is 1. The van der Waals surface area contributed by atoms with Crippen molar-refractivity contribution >= 4 is 22.3 Å². The van der Waals surface area contributed by atoms with E-state index in [4.69, 9.17) is 4.99 Å². The third-order valence-corrected chi connectivity index (χ3v) is 5.78. The highest BCUT2D eigenvalue weighted by Gasteiger charge is 2.53. The summed E-state index contributed by atoms with van der Waals surface area (Å²) in [5.41, 5.74) is 1.43. The van der Waals surface area contributed by atoms with Crippen molar-refractivity contribution < 1.29 is 0 Å². The molecule has 6 heteroatoms. The van der Waals surface area contributed by atoms with Crippen molar-refractivity contribution in [2.24, 2.45) is 10.4 Å². The van der Waals surface area contributed by atoms with Crippen LogP contribution in [0.3, 0.4) is 0 Å². The molecule has 3 heterocycles. The molecule has 0 unspecified atom stereocenters. The van der Waals surface area contributed by atoms with Crippen LogP contribution in [0.4, 0.5) is 0 Å². The van der Waals surface area contributed by atoms with E-state index in [0.717, 1.165) is 29.7 Å². The lowest BCUT2D eigenvalue weighted by molar-refractivity contribution is -0.0667. The lowest BCUT2D eigenvalue weighted by Crippen LogP contribution is -2.72. The Balaban J connectivity index is 1.77. The highest BCUT2D eigenvalue weighted by molar-refractivity contribution is 7.15. The first-order valence-electron chi connectivity index (χ1n) is 7.82. The highest BCUT2D eigenvalue weighted by atomic mass is 32.1. The maximum atomic E-state index is 4.80. The van der Waals surface area contributed by atoms with Gasteiger partial charge < -0.3 is 10.2 Å². The minimum atomic E-state index is 0.114. The number of guanidine groups is 1. The quantitative estimate of drug-likeness (QED) is 0.699. The van der Waals surface area contributed by atoms with E-state index in [1.807, 2.05) is 11.6 Å². The number of aliphatic imine (C=N–C) groups is 1. The predicted molar refractivity (Wildman–Crippen MR) is 92.5 cm³/mol. The number of thiazole rings is 1. The molecule has 1 N–H and O–H groups in total. The molecule has 1 aliphatic heterocycles. The van der Waals surface area contributed by atoms with Crippen LogP contribution in [0, 0.1) is 5.41 Å². The van der Waals surface area contributed by atoms with Gasteiger partial charge in [-0.15, -0.1) is 11.3 Å². The Hall–Kier alpha value is -1.56. The molecule has 0 atom stereocenters. The van der Waals surface area contributed by atoms with Crippen LogP contribution in [0.5, 0.6) is 0 Å². The molecule has 1 aliphatic rings. The summed E-state index contributed by atoms with van der Waals surface area (Å²) in [6.07, 6.45) is 4.09. The fraction of sp³-hybridized carbons (Fsp3) is 0.625. The summed E-state index contributed by atoms with van der Waals surface area (Å²) < 4.78 is 2.05. The van der Waals surface area contributed by atoms with E-state index in [9.17, 15) is 0 Å². The van der Waals surface area contributed by atoms with Gasteiger partial charge in [-0.05, 0) is 20.8 Å². The summed E-state index contributed by atoms with van der Waals surface area (Å²) in [6.45, 7) is 13.8. The summed E-state index contributed by atoms with van der Waals surface area (Å²) >= 11 is 1.65. The average molecular weight is 319 g/mol. The molecule has 1 fully saturated rings. The van der Waals surface area contributed by atoms with Crippen LogP contribution < -0.4 is 5.32 Å². The molecule has 0 saturated carbocycles. The maximum Gasteiger partial charge on any atom is 0.194 e. The van der Waals surface area contributed by atoms with E-state index in [-0.39, 0.29) is 5.54 Å². The SMILES string of the molecule is CCNC(=NCc1cn2ccsc2n1)N1CC(C)(C)C1(C)C. The van der Waals surface area contributed by atoms with Crippen LogP contribution in [0.15, 0.2) is 22.8 Å². The second-order valence-corrected chi connectivity index (χ2v) is 7.90. The minimum absolute atomic E-state index is 0.114. The van der Waals surface area contributed by atoms with Crippen molar-refractivity contribution in [3.8, 4) is 0 Å². The number of hydrogen-bond acceptors (Lipinski definition) is 3. The number of nitrogens with zero attached hydrogens (tertiary/aromatic N) is 4. The highest BCUT2D eigenvalue weighted by Crippen LogP contribution is 2.46. The van der Waals surface area contributed by atoms with Crippen LogP contribution in [0.25, 0.3) is 4.96 Å². The summed E-state index contributed by atoms with van der Waals surface area (Å²) in [4.78, 5) is 12.8. The van der Waals surface area contributed by atoms with Gasteiger partial charge in [0.05, 0.1) is 12.2 Å². The van der Waals surface area contributed by atoms with Crippen LogP contribution in [0.1, 0.15) is 40.3 Å². The van der Waals surface area contributed by atoms with Crippen LogP contribution >= 0.6 is 11.3 Å². The van der Waals surface area contributed by atoms with Gasteiger partial charge in [-0.1, -0.05) is 13.8 Å². The van der Waals surface area contributed by atoms with Gasteiger partial charge in [-0.2, -0.15) is 0 Å². The van der Waals surface area contributed by atoms with Crippen molar-refractivity contribution in [2.45, 2.75) is 46.7 Å². The molecule has 3 rings (SSSR count). The molecule has 0 aliphatic carbocycles. The molecule has 0 amide bonds. The fourth-order valence-electron chi connectivity index (χ4n) is 2.80. The maximum absolute atomic E-state index is 4.80. The van der Waals surface area contributed by atoms with E-state index >= 15 is 0 Å². The number of aromatic nitrogens is 2. The van der Waals surface area contributed by atoms with E-state index in [0.29, 0.717) is 12.0 Å². The van der Waals surface area contributed by atoms with Gasteiger partial charge in [0.1, 0.15) is 0 Å². The van der Waals surface area contributed by atoms with Crippen LogP contribution in [0.2, 0.25) is 0 Å². The minimum Gasteiger partial charge on any atom is -0.356 e. The molecule has 0 aromatic carbocycles. The molecule has 5 nitrogen and oxygen atoms in total. The Labute approximate surface area is 136 Å². The van der Waals surface area contributed by atoms with Crippen molar-refractivity contribution in [3.05, 3.63) is 23.5 Å². The van der Waals surface area contributed by atoms with Gasteiger partial charge >= 0.3 is 0 Å². The first-order valence-corrected chi connectivity index (χ1v) is 8.70. The van der Waals surface area contributed by atoms with Gasteiger partial charge in [-0.25, -0.2) is 9.98 Å². The zero-order valence-electron chi connectivity index (χ0n) is 14.1. The van der Waals surface area contributed by atoms with Crippen molar-refractivity contribution in [3.63, 3.8) is 0 Å². The largest absolute Gasteiger partial charge is 0.356 e. The molecule has 2 aromatic heterocycles. The van der Waals surface area contributed by atoms with Gasteiger partial charge in [0.25, 0.3) is 0 Å². The van der Waals surface area contributed by atoms with Gasteiger partial charge in [0.15, 0.2) is 10.9 Å². The first-order chi connectivity index (χ1) is 10.3. The Morgan fingerprint density at radius 3 is 2.77 bits per heavy atom. The Bertz CT molecular complexity index is 666. The molecular weight excluding hydrogens is 294 g/mol. The van der Waals surface area contributed by atoms with Gasteiger partial charge in [0, 0.05) is 41.8 Å². The smallest absolute Gasteiger partial charge is 0.194 e. The molecule has 0 bridgehead atoms. The third-order valence-electron chi connectivity index (χ3n) is 5.01. The fourth-order valence-corrected chi connectivity index (χ4v) is 3.52.